The Morgan fingerprint density at radius 2 is 1.74 bits per heavy atom. The second kappa shape index (κ2) is 14.8. The van der Waals surface area contributed by atoms with Crippen molar-refractivity contribution >= 4 is 30.8 Å². The van der Waals surface area contributed by atoms with Gasteiger partial charge in [-0.2, -0.15) is 0 Å². The van der Waals surface area contributed by atoms with Gasteiger partial charge in [-0.3, -0.25) is 13.4 Å². The molecule has 0 saturated carbocycles. The van der Waals surface area contributed by atoms with Crippen molar-refractivity contribution in [2.24, 2.45) is 10.9 Å². The van der Waals surface area contributed by atoms with Crippen LogP contribution < -0.4 is 5.32 Å². The lowest BCUT2D eigenvalue weighted by molar-refractivity contribution is -0.110. The highest BCUT2D eigenvalue weighted by molar-refractivity contribution is 6.48. The van der Waals surface area contributed by atoms with E-state index < -0.39 is 7.40 Å². The summed E-state index contributed by atoms with van der Waals surface area (Å²) in [6.45, 7) is 10.3. The molecule has 0 bridgehead atoms. The Bertz CT molecular complexity index is 1200. The summed E-state index contributed by atoms with van der Waals surface area (Å²) in [7, 11) is -2.69. The Morgan fingerprint density at radius 3 is 2.41 bits per heavy atom. The highest BCUT2D eigenvalue weighted by Crippen LogP contribution is 2.29. The molecule has 0 saturated heterocycles. The highest BCUT2D eigenvalue weighted by Gasteiger charge is 2.26. The van der Waals surface area contributed by atoms with Crippen LogP contribution in [-0.2, 0) is 9.53 Å². The molecule has 1 atom stereocenters. The summed E-state index contributed by atoms with van der Waals surface area (Å²) in [5.41, 5.74) is 3.86. The number of aromatic nitrogens is 1. The number of amides is 1. The molecule has 8 heteroatoms. The van der Waals surface area contributed by atoms with Crippen molar-refractivity contribution in [2.75, 3.05) is 11.9 Å². The molecule has 1 aliphatic rings. The van der Waals surface area contributed by atoms with E-state index in [2.05, 4.69) is 24.2 Å². The quantitative estimate of drug-likeness (QED) is 0.184. The first kappa shape index (κ1) is 30.4. The summed E-state index contributed by atoms with van der Waals surface area (Å²) >= 11 is 0. The predicted molar refractivity (Wildman–Crippen MR) is 158 cm³/mol. The Balaban J connectivity index is 1.87. The van der Waals surface area contributed by atoms with Crippen molar-refractivity contribution in [2.45, 2.75) is 86.0 Å². The minimum atomic E-state index is -2.69. The van der Waals surface area contributed by atoms with Crippen molar-refractivity contribution in [1.82, 2.24) is 4.48 Å². The number of carbonyl (C=O) groups is 1. The minimum absolute atomic E-state index is 0.189. The molecule has 0 fully saturated rings. The van der Waals surface area contributed by atoms with Gasteiger partial charge in [0, 0.05) is 23.2 Å². The van der Waals surface area contributed by atoms with Gasteiger partial charge in [-0.1, -0.05) is 70.1 Å². The molecular formula is C31H42BF2N3O2. The van der Waals surface area contributed by atoms with Gasteiger partial charge in [0.05, 0.1) is 6.61 Å². The molecular weight excluding hydrogens is 495 g/mol. The molecule has 3 rings (SSSR count). The summed E-state index contributed by atoms with van der Waals surface area (Å²) in [4.78, 5) is 17.6. The second-order valence-corrected chi connectivity index (χ2v) is 10.5. The number of aryl methyl sites for hydroxylation is 3. The molecule has 1 aromatic heterocycles. The minimum Gasteiger partial charge on any atom is -0.491 e. The predicted octanol–water partition coefficient (Wildman–Crippen LogP) is 8.30. The SMILES string of the molecule is CCCCCCC(CCCC)COC1=CC(C(=O)Nc2ccc(C)cc2)=N/C1=C\c1c(C)cc(C)n1B(F)F. The molecule has 1 amide bonds. The monoisotopic (exact) mass is 537 g/mol. The molecule has 1 aliphatic heterocycles. The first-order valence-corrected chi connectivity index (χ1v) is 14.2. The van der Waals surface area contributed by atoms with E-state index in [1.807, 2.05) is 31.2 Å². The van der Waals surface area contributed by atoms with E-state index in [1.165, 1.54) is 19.3 Å². The lowest BCUT2D eigenvalue weighted by Gasteiger charge is -2.18. The van der Waals surface area contributed by atoms with Gasteiger partial charge in [-0.05, 0) is 69.4 Å². The standard InChI is InChI=1S/C31H42BF2N3O2/c1-6-8-10-11-13-25(12-9-7-2)21-39-30-20-28(31(38)35-26-16-14-22(3)15-17-26)36-27(30)19-29-23(4)18-24(5)37(29)32(33)34/h14-20,25H,6-13,21H2,1-5H3,(H,35,38)/b27-19-. The maximum Gasteiger partial charge on any atom is 0.677 e. The number of hydrogen-bond acceptors (Lipinski definition) is 3. The molecule has 0 radical (unpaired) electrons. The number of benzene rings is 1. The van der Waals surface area contributed by atoms with Gasteiger partial charge in [0.2, 0.25) is 0 Å². The summed E-state index contributed by atoms with van der Waals surface area (Å²) in [5, 5.41) is 2.87. The number of carbonyl (C=O) groups excluding carboxylic acids is 1. The fourth-order valence-electron chi connectivity index (χ4n) is 4.86. The van der Waals surface area contributed by atoms with Crippen molar-refractivity contribution in [3.8, 4) is 0 Å². The smallest absolute Gasteiger partial charge is 0.491 e. The Labute approximate surface area is 232 Å². The van der Waals surface area contributed by atoms with Gasteiger partial charge in [0.25, 0.3) is 5.91 Å². The number of ether oxygens (including phenoxy) is 1. The fourth-order valence-corrected chi connectivity index (χ4v) is 4.86. The fraction of sp³-hybridized carbons (Fsp3) is 0.484. The first-order valence-electron chi connectivity index (χ1n) is 14.2. The van der Waals surface area contributed by atoms with Crippen LogP contribution in [0, 0.1) is 26.7 Å². The van der Waals surface area contributed by atoms with Crippen LogP contribution in [0.5, 0.6) is 0 Å². The number of rotatable bonds is 15. The van der Waals surface area contributed by atoms with Crippen molar-refractivity contribution in [3.05, 3.63) is 70.4 Å². The van der Waals surface area contributed by atoms with E-state index in [1.54, 1.807) is 32.1 Å². The maximum absolute atomic E-state index is 13.9. The topological polar surface area (TPSA) is 55.6 Å². The zero-order chi connectivity index (χ0) is 28.4. The van der Waals surface area contributed by atoms with Crippen LogP contribution in [0.15, 0.2) is 52.9 Å². The van der Waals surface area contributed by atoms with E-state index in [0.717, 1.165) is 42.1 Å². The van der Waals surface area contributed by atoms with Crippen LogP contribution in [0.2, 0.25) is 0 Å². The van der Waals surface area contributed by atoms with E-state index in [9.17, 15) is 13.4 Å². The largest absolute Gasteiger partial charge is 0.677 e. The van der Waals surface area contributed by atoms with Crippen LogP contribution in [0.25, 0.3) is 6.08 Å². The van der Waals surface area contributed by atoms with Crippen LogP contribution in [-0.4, -0.2) is 30.1 Å². The average molecular weight is 538 g/mol. The number of nitrogens with one attached hydrogen (secondary N) is 1. The zero-order valence-electron chi connectivity index (χ0n) is 24.0. The van der Waals surface area contributed by atoms with Crippen LogP contribution in [0.4, 0.5) is 14.3 Å². The lowest BCUT2D eigenvalue weighted by atomic mass is 9.96. The third-order valence-corrected chi connectivity index (χ3v) is 7.15. The summed E-state index contributed by atoms with van der Waals surface area (Å²) in [6, 6.07) is 9.23. The average Bonchev–Trinajstić information content (AvgIpc) is 3.43. The number of nitrogens with zero attached hydrogens (tertiary/aromatic N) is 2. The third kappa shape index (κ3) is 8.67. The van der Waals surface area contributed by atoms with Crippen molar-refractivity contribution < 1.29 is 18.2 Å². The molecule has 2 aromatic rings. The van der Waals surface area contributed by atoms with E-state index in [-0.39, 0.29) is 11.6 Å². The molecule has 1 aromatic carbocycles. The Hall–Kier alpha value is -3.16. The van der Waals surface area contributed by atoms with Gasteiger partial charge in [0.15, 0.2) is 0 Å². The Kier molecular flexibility index (Phi) is 11.6. The third-order valence-electron chi connectivity index (χ3n) is 7.15. The molecule has 39 heavy (non-hydrogen) atoms. The number of hydrogen-bond donors (Lipinski definition) is 1. The van der Waals surface area contributed by atoms with Gasteiger partial charge >= 0.3 is 7.40 Å². The first-order chi connectivity index (χ1) is 18.7. The Morgan fingerprint density at radius 1 is 1.05 bits per heavy atom. The van der Waals surface area contributed by atoms with Crippen LogP contribution >= 0.6 is 0 Å². The molecule has 210 valence electrons. The van der Waals surface area contributed by atoms with Crippen molar-refractivity contribution in [1.29, 1.82) is 0 Å². The number of aliphatic imine (C=N–C) groups is 1. The van der Waals surface area contributed by atoms with Crippen LogP contribution in [0.3, 0.4) is 0 Å². The van der Waals surface area contributed by atoms with Crippen molar-refractivity contribution in [3.63, 3.8) is 0 Å². The number of halogens is 2. The molecule has 0 aliphatic carbocycles. The van der Waals surface area contributed by atoms with Gasteiger partial charge in [-0.15, -0.1) is 0 Å². The highest BCUT2D eigenvalue weighted by atomic mass is 19.2. The van der Waals surface area contributed by atoms with Crippen LogP contribution in [0.1, 0.15) is 87.7 Å². The molecule has 5 nitrogen and oxygen atoms in total. The second-order valence-electron chi connectivity index (χ2n) is 10.5. The van der Waals surface area contributed by atoms with E-state index in [4.69, 9.17) is 4.74 Å². The summed E-state index contributed by atoms with van der Waals surface area (Å²) in [5.74, 6) is 0.462. The molecule has 1 unspecified atom stereocenters. The van der Waals surface area contributed by atoms with Gasteiger partial charge in [-0.25, -0.2) is 4.99 Å². The van der Waals surface area contributed by atoms with E-state index in [0.29, 0.717) is 46.6 Å². The number of anilines is 1. The summed E-state index contributed by atoms with van der Waals surface area (Å²) < 4.78 is 35.0. The molecule has 2 heterocycles. The molecule has 0 spiro atoms. The number of unbranched alkanes of at least 4 members (excludes halogenated alkanes) is 4. The van der Waals surface area contributed by atoms with Gasteiger partial charge in [0.1, 0.15) is 17.2 Å². The zero-order valence-corrected chi connectivity index (χ0v) is 24.0. The normalized spacial score (nSPS) is 14.8. The summed E-state index contributed by atoms with van der Waals surface area (Å²) in [6.07, 6.45) is 12.4. The van der Waals surface area contributed by atoms with E-state index >= 15 is 0 Å². The van der Waals surface area contributed by atoms with Gasteiger partial charge < -0.3 is 14.5 Å². The maximum atomic E-state index is 13.9. The lowest BCUT2D eigenvalue weighted by Crippen LogP contribution is -2.20. The molecule has 1 N–H and O–H groups in total.